The van der Waals surface area contributed by atoms with E-state index in [-0.39, 0.29) is 12.8 Å². The van der Waals surface area contributed by atoms with E-state index in [1.54, 1.807) is 5.38 Å². The van der Waals surface area contributed by atoms with Gasteiger partial charge in [-0.25, -0.2) is 4.79 Å². The molecule has 1 amide bonds. The lowest BCUT2D eigenvalue weighted by Crippen LogP contribution is -2.40. The van der Waals surface area contributed by atoms with Crippen molar-refractivity contribution in [3.05, 3.63) is 16.3 Å². The smallest absolute Gasteiger partial charge is 0.326 e. The molecule has 0 radical (unpaired) electrons. The molecule has 1 aromatic heterocycles. The van der Waals surface area contributed by atoms with Gasteiger partial charge >= 0.3 is 11.9 Å². The highest BCUT2D eigenvalue weighted by atomic mass is 32.1. The Kier molecular flexibility index (Phi) is 5.98. The maximum Gasteiger partial charge on any atom is 0.326 e. The molecule has 0 aliphatic rings. The summed E-state index contributed by atoms with van der Waals surface area (Å²) in [7, 11) is 2.69. The summed E-state index contributed by atoms with van der Waals surface area (Å²) in [6.45, 7) is 0. The van der Waals surface area contributed by atoms with Crippen LogP contribution in [0.3, 0.4) is 0 Å². The molecule has 1 rings (SSSR count). The minimum Gasteiger partial charge on any atom is -0.496 e. The van der Waals surface area contributed by atoms with Crippen LogP contribution in [0.15, 0.2) is 11.4 Å². The Morgan fingerprint density at radius 3 is 2.60 bits per heavy atom. The number of thiophene rings is 1. The van der Waals surface area contributed by atoms with Crippen LogP contribution in [0.5, 0.6) is 5.75 Å². The zero-order valence-corrected chi connectivity index (χ0v) is 11.9. The SMILES string of the molecule is COC(=O)CC[C@H](NC(=O)c1cc(OC)cs1)C(=O)O. The molecule has 0 aliphatic carbocycles. The number of rotatable bonds is 7. The van der Waals surface area contributed by atoms with E-state index in [9.17, 15) is 14.4 Å². The van der Waals surface area contributed by atoms with Gasteiger partial charge in [0.2, 0.25) is 0 Å². The van der Waals surface area contributed by atoms with Crippen molar-refractivity contribution < 1.29 is 29.0 Å². The second-order valence-electron chi connectivity index (χ2n) is 3.83. The molecule has 20 heavy (non-hydrogen) atoms. The van der Waals surface area contributed by atoms with Gasteiger partial charge in [0.1, 0.15) is 11.8 Å². The van der Waals surface area contributed by atoms with Gasteiger partial charge in [-0.3, -0.25) is 9.59 Å². The summed E-state index contributed by atoms with van der Waals surface area (Å²) in [5, 5.41) is 13.0. The number of ether oxygens (including phenoxy) is 2. The van der Waals surface area contributed by atoms with Crippen molar-refractivity contribution in [2.75, 3.05) is 14.2 Å². The van der Waals surface area contributed by atoms with Crippen molar-refractivity contribution in [1.29, 1.82) is 0 Å². The van der Waals surface area contributed by atoms with Gasteiger partial charge in [0.25, 0.3) is 5.91 Å². The number of aliphatic carboxylic acids is 1. The molecular weight excluding hydrogens is 286 g/mol. The van der Waals surface area contributed by atoms with Crippen molar-refractivity contribution in [2.45, 2.75) is 18.9 Å². The molecule has 0 aromatic carbocycles. The van der Waals surface area contributed by atoms with Gasteiger partial charge in [-0.2, -0.15) is 0 Å². The predicted octanol–water partition coefficient (Wildman–Crippen LogP) is 0.893. The summed E-state index contributed by atoms with van der Waals surface area (Å²) in [6, 6.07) is 0.369. The summed E-state index contributed by atoms with van der Waals surface area (Å²) in [4.78, 5) is 34.2. The van der Waals surface area contributed by atoms with E-state index in [4.69, 9.17) is 9.84 Å². The fourth-order valence-electron chi connectivity index (χ4n) is 1.40. The van der Waals surface area contributed by atoms with Gasteiger partial charge in [-0.1, -0.05) is 0 Å². The molecule has 0 fully saturated rings. The first-order chi connectivity index (χ1) is 9.47. The van der Waals surface area contributed by atoms with E-state index in [1.165, 1.54) is 20.3 Å². The average Bonchev–Trinajstić information content (AvgIpc) is 2.91. The van der Waals surface area contributed by atoms with E-state index in [0.717, 1.165) is 11.3 Å². The number of carbonyl (C=O) groups excluding carboxylic acids is 2. The molecule has 1 atom stereocenters. The first-order valence-corrected chi connectivity index (χ1v) is 6.59. The largest absolute Gasteiger partial charge is 0.496 e. The highest BCUT2D eigenvalue weighted by Crippen LogP contribution is 2.21. The number of esters is 1. The third-order valence-electron chi connectivity index (χ3n) is 2.50. The van der Waals surface area contributed by atoms with Crippen molar-refractivity contribution in [3.8, 4) is 5.75 Å². The van der Waals surface area contributed by atoms with Crippen molar-refractivity contribution >= 4 is 29.2 Å². The van der Waals surface area contributed by atoms with E-state index in [0.29, 0.717) is 10.6 Å². The van der Waals surface area contributed by atoms with Crippen LogP contribution in [-0.4, -0.2) is 43.2 Å². The van der Waals surface area contributed by atoms with Crippen molar-refractivity contribution in [2.24, 2.45) is 0 Å². The lowest BCUT2D eigenvalue weighted by atomic mass is 10.1. The summed E-state index contributed by atoms with van der Waals surface area (Å²) in [5.41, 5.74) is 0. The van der Waals surface area contributed by atoms with E-state index >= 15 is 0 Å². The maximum atomic E-state index is 11.9. The average molecular weight is 301 g/mol. The van der Waals surface area contributed by atoms with Crippen LogP contribution in [0, 0.1) is 0 Å². The van der Waals surface area contributed by atoms with Gasteiger partial charge in [0.15, 0.2) is 0 Å². The second kappa shape index (κ2) is 7.49. The van der Waals surface area contributed by atoms with Crippen LogP contribution >= 0.6 is 11.3 Å². The number of carboxylic acids is 1. The van der Waals surface area contributed by atoms with Crippen LogP contribution in [0.4, 0.5) is 0 Å². The lowest BCUT2D eigenvalue weighted by Gasteiger charge is -2.13. The topological polar surface area (TPSA) is 102 Å². The second-order valence-corrected chi connectivity index (χ2v) is 4.74. The summed E-state index contributed by atoms with van der Waals surface area (Å²) < 4.78 is 9.37. The summed E-state index contributed by atoms with van der Waals surface area (Å²) >= 11 is 1.14. The molecule has 2 N–H and O–H groups in total. The van der Waals surface area contributed by atoms with Gasteiger partial charge in [-0.05, 0) is 6.42 Å². The van der Waals surface area contributed by atoms with Crippen LogP contribution in [0.1, 0.15) is 22.5 Å². The lowest BCUT2D eigenvalue weighted by molar-refractivity contribution is -0.142. The Morgan fingerprint density at radius 2 is 2.10 bits per heavy atom. The molecule has 8 heteroatoms. The quantitative estimate of drug-likeness (QED) is 0.725. The van der Waals surface area contributed by atoms with Crippen LogP contribution in [-0.2, 0) is 14.3 Å². The standard InChI is InChI=1S/C12H15NO6S/c1-18-7-5-9(20-6-7)11(15)13-8(12(16)17)3-4-10(14)19-2/h5-6,8H,3-4H2,1-2H3,(H,13,15)(H,16,17)/t8-/m0/s1. The van der Waals surface area contributed by atoms with Crippen molar-refractivity contribution in [3.63, 3.8) is 0 Å². The molecule has 1 heterocycles. The highest BCUT2D eigenvalue weighted by molar-refractivity contribution is 7.12. The van der Waals surface area contributed by atoms with Gasteiger partial charge < -0.3 is 19.9 Å². The molecule has 1 aromatic rings. The number of carboxylic acid groups (broad SMARTS) is 1. The number of nitrogens with one attached hydrogen (secondary N) is 1. The third-order valence-corrected chi connectivity index (χ3v) is 3.41. The first kappa shape index (κ1) is 16.0. The molecule has 0 spiro atoms. The Labute approximate surface area is 119 Å². The predicted molar refractivity (Wildman–Crippen MR) is 71.0 cm³/mol. The molecule has 0 saturated heterocycles. The van der Waals surface area contributed by atoms with E-state index in [1.807, 2.05) is 0 Å². The maximum absolute atomic E-state index is 11.9. The van der Waals surface area contributed by atoms with Crippen LogP contribution in [0.2, 0.25) is 0 Å². The normalized spacial score (nSPS) is 11.5. The number of hydrogen-bond donors (Lipinski definition) is 2. The summed E-state index contributed by atoms with van der Waals surface area (Å²) in [5.74, 6) is -1.72. The molecule has 0 saturated carbocycles. The molecular formula is C12H15NO6S. The number of carbonyl (C=O) groups is 3. The highest BCUT2D eigenvalue weighted by Gasteiger charge is 2.22. The van der Waals surface area contributed by atoms with Crippen LogP contribution < -0.4 is 10.1 Å². The van der Waals surface area contributed by atoms with E-state index in [2.05, 4.69) is 10.1 Å². The minimum atomic E-state index is -1.20. The Balaban J connectivity index is 2.63. The molecule has 7 nitrogen and oxygen atoms in total. The zero-order chi connectivity index (χ0) is 15.1. The molecule has 0 bridgehead atoms. The Bertz CT molecular complexity index is 498. The van der Waals surface area contributed by atoms with Gasteiger partial charge in [0, 0.05) is 17.9 Å². The molecule has 0 aliphatic heterocycles. The van der Waals surface area contributed by atoms with Gasteiger partial charge in [-0.15, -0.1) is 11.3 Å². The molecule has 110 valence electrons. The van der Waals surface area contributed by atoms with E-state index < -0.39 is 23.9 Å². The molecule has 0 unspecified atom stereocenters. The van der Waals surface area contributed by atoms with Crippen LogP contribution in [0.25, 0.3) is 0 Å². The Hall–Kier alpha value is -2.09. The fraction of sp³-hybridized carbons (Fsp3) is 0.417. The number of hydrogen-bond acceptors (Lipinski definition) is 6. The fourth-order valence-corrected chi connectivity index (χ4v) is 2.15. The van der Waals surface area contributed by atoms with Crippen molar-refractivity contribution in [1.82, 2.24) is 5.32 Å². The number of amides is 1. The zero-order valence-electron chi connectivity index (χ0n) is 11.0. The first-order valence-electron chi connectivity index (χ1n) is 5.71. The monoisotopic (exact) mass is 301 g/mol. The minimum absolute atomic E-state index is 0.0315. The number of methoxy groups -OCH3 is 2. The Morgan fingerprint density at radius 1 is 1.40 bits per heavy atom. The van der Waals surface area contributed by atoms with Gasteiger partial charge in [0.05, 0.1) is 19.1 Å². The third kappa shape index (κ3) is 4.54. The summed E-state index contributed by atoms with van der Waals surface area (Å²) in [6.07, 6.45) is -0.113.